The van der Waals surface area contributed by atoms with E-state index in [-0.39, 0.29) is 11.7 Å². The molecule has 2 aromatic heterocycles. The molecule has 4 aromatic carbocycles. The average Bonchev–Trinajstić information content (AvgIpc) is 3.56. The summed E-state index contributed by atoms with van der Waals surface area (Å²) in [6.45, 7) is 6.06. The van der Waals surface area contributed by atoms with Gasteiger partial charge in [-0.25, -0.2) is 9.79 Å². The fourth-order valence-electron chi connectivity index (χ4n) is 6.35. The molecule has 0 saturated carbocycles. The normalized spacial score (nSPS) is 14.9. The van der Waals surface area contributed by atoms with E-state index in [2.05, 4.69) is 81.3 Å². The summed E-state index contributed by atoms with van der Waals surface area (Å²) in [6.07, 6.45) is 3.70. The number of thiazole rings is 1. The van der Waals surface area contributed by atoms with Crippen LogP contribution in [-0.2, 0) is 16.1 Å². The summed E-state index contributed by atoms with van der Waals surface area (Å²) in [5.74, 6) is 0.0351. The van der Waals surface area contributed by atoms with Crippen molar-refractivity contribution in [2.24, 2.45) is 4.99 Å². The predicted molar refractivity (Wildman–Crippen MR) is 191 cm³/mol. The first kappa shape index (κ1) is 30.9. The lowest BCUT2D eigenvalue weighted by Crippen LogP contribution is -2.40. The van der Waals surface area contributed by atoms with E-state index in [1.54, 1.807) is 32.4 Å². The minimum absolute atomic E-state index is 0.242. The molecule has 1 aliphatic heterocycles. The van der Waals surface area contributed by atoms with Gasteiger partial charge in [-0.3, -0.25) is 9.36 Å². The molecule has 0 amide bonds. The lowest BCUT2D eigenvalue weighted by molar-refractivity contribution is -0.143. The van der Waals surface area contributed by atoms with Gasteiger partial charge in [0.15, 0.2) is 4.80 Å². The second-order valence-electron chi connectivity index (χ2n) is 11.8. The van der Waals surface area contributed by atoms with Gasteiger partial charge in [0.25, 0.3) is 5.56 Å². The number of carbonyl (C=O) groups excluding carboxylic acids is 1. The Morgan fingerprint density at radius 2 is 1.77 bits per heavy atom. The number of hydrogen-bond acceptors (Lipinski definition) is 6. The number of fused-ring (bicyclic) bond motifs is 3. The van der Waals surface area contributed by atoms with Gasteiger partial charge in [-0.05, 0) is 67.4 Å². The topological polar surface area (TPSA) is 74.8 Å². The van der Waals surface area contributed by atoms with Crippen LogP contribution in [0.1, 0.15) is 43.5 Å². The summed E-state index contributed by atoms with van der Waals surface area (Å²) in [4.78, 5) is 33.3. The number of benzene rings is 4. The zero-order valence-corrected chi connectivity index (χ0v) is 28.8. The van der Waals surface area contributed by atoms with Gasteiger partial charge in [-0.15, -0.1) is 0 Å². The van der Waals surface area contributed by atoms with Crippen LogP contribution in [0.15, 0.2) is 117 Å². The monoisotopic (exact) mass is 705 g/mol. The lowest BCUT2D eigenvalue weighted by atomic mass is 9.95. The van der Waals surface area contributed by atoms with Gasteiger partial charge < -0.3 is 14.0 Å². The third-order valence-corrected chi connectivity index (χ3v) is 9.87. The Morgan fingerprint density at radius 3 is 2.55 bits per heavy atom. The molecule has 1 aliphatic rings. The first-order valence-electron chi connectivity index (χ1n) is 15.3. The number of hydrogen-bond donors (Lipinski definition) is 0. The average molecular weight is 707 g/mol. The minimum atomic E-state index is -0.792. The van der Waals surface area contributed by atoms with Gasteiger partial charge in [0.1, 0.15) is 11.8 Å². The maximum atomic E-state index is 14.4. The number of carbonyl (C=O) groups is 1. The molecule has 0 N–H and O–H groups in total. The van der Waals surface area contributed by atoms with E-state index >= 15 is 0 Å². The maximum Gasteiger partial charge on any atom is 0.338 e. The SMILES string of the molecule is COc1ccc(Br)cc1[C@@H]1C(C(=O)OC(C)C)=C(C)N=c2s/c(=C\c3cn(Cc4cccc5ccccc45)c4ccccc34)c(=O)n21. The number of nitrogens with zero attached hydrogens (tertiary/aromatic N) is 3. The van der Waals surface area contributed by atoms with Crippen molar-refractivity contribution in [2.45, 2.75) is 39.5 Å². The molecule has 7 rings (SSSR count). The van der Waals surface area contributed by atoms with E-state index in [1.807, 2.05) is 36.4 Å². The summed E-state index contributed by atoms with van der Waals surface area (Å²) in [5, 5.41) is 3.46. The largest absolute Gasteiger partial charge is 0.496 e. The number of esters is 1. The molecule has 0 saturated heterocycles. The summed E-state index contributed by atoms with van der Waals surface area (Å²) in [6, 6.07) is 27.8. The van der Waals surface area contributed by atoms with Gasteiger partial charge in [-0.1, -0.05) is 87.9 Å². The Labute approximate surface area is 283 Å². The number of ether oxygens (including phenoxy) is 2. The third kappa shape index (κ3) is 5.64. The molecular weight excluding hydrogens is 674 g/mol. The molecule has 1 atom stereocenters. The smallest absolute Gasteiger partial charge is 0.338 e. The third-order valence-electron chi connectivity index (χ3n) is 8.40. The predicted octanol–water partition coefficient (Wildman–Crippen LogP) is 7.11. The molecule has 0 bridgehead atoms. The van der Waals surface area contributed by atoms with Crippen molar-refractivity contribution >= 4 is 61.0 Å². The zero-order chi connectivity index (χ0) is 32.8. The van der Waals surface area contributed by atoms with Gasteiger partial charge >= 0.3 is 5.97 Å². The van der Waals surface area contributed by atoms with E-state index in [0.717, 1.165) is 20.9 Å². The molecule has 6 aromatic rings. The van der Waals surface area contributed by atoms with Gasteiger partial charge in [0, 0.05) is 39.2 Å². The van der Waals surface area contributed by atoms with Crippen LogP contribution >= 0.6 is 27.3 Å². The van der Waals surface area contributed by atoms with Crippen LogP contribution in [0.2, 0.25) is 0 Å². The van der Waals surface area contributed by atoms with Crippen LogP contribution in [-0.4, -0.2) is 28.3 Å². The van der Waals surface area contributed by atoms with Crippen molar-refractivity contribution in [1.29, 1.82) is 0 Å². The van der Waals surface area contributed by atoms with Crippen molar-refractivity contribution in [1.82, 2.24) is 9.13 Å². The Balaban J connectivity index is 1.40. The van der Waals surface area contributed by atoms with E-state index in [1.165, 1.54) is 27.7 Å². The molecular formula is C38H32BrN3O4S. The number of para-hydroxylation sites is 1. The summed E-state index contributed by atoms with van der Waals surface area (Å²) in [5.41, 5.74) is 4.45. The highest BCUT2D eigenvalue weighted by molar-refractivity contribution is 9.10. The van der Waals surface area contributed by atoms with Crippen LogP contribution in [0.3, 0.4) is 0 Å². The molecule has 47 heavy (non-hydrogen) atoms. The fraction of sp³-hybridized carbons (Fsp3) is 0.184. The first-order chi connectivity index (χ1) is 22.7. The standard InChI is InChI=1S/C38H32BrN3O4S/c1-22(2)46-37(44)34-23(3)40-38-42(35(34)30-19-27(39)16-17-32(30)45-4)36(43)33(47-38)18-26-21-41(31-15-8-7-14-29(26)31)20-25-12-9-11-24-10-5-6-13-28(24)25/h5-19,21-22,35H,20H2,1-4H3/b33-18-/t35-/m1/s1. The minimum Gasteiger partial charge on any atom is -0.496 e. The highest BCUT2D eigenvalue weighted by atomic mass is 79.9. The van der Waals surface area contributed by atoms with Crippen molar-refractivity contribution in [3.8, 4) is 5.75 Å². The Morgan fingerprint density at radius 1 is 1.02 bits per heavy atom. The fourth-order valence-corrected chi connectivity index (χ4v) is 7.77. The van der Waals surface area contributed by atoms with Crippen LogP contribution in [0.4, 0.5) is 0 Å². The van der Waals surface area contributed by atoms with E-state index in [4.69, 9.17) is 14.5 Å². The second-order valence-corrected chi connectivity index (χ2v) is 13.7. The van der Waals surface area contributed by atoms with Crippen LogP contribution in [0.5, 0.6) is 5.75 Å². The Bertz CT molecular complexity index is 2410. The van der Waals surface area contributed by atoms with Crippen molar-refractivity contribution in [3.63, 3.8) is 0 Å². The highest BCUT2D eigenvalue weighted by Crippen LogP contribution is 2.37. The molecule has 9 heteroatoms. The summed E-state index contributed by atoms with van der Waals surface area (Å²) >= 11 is 4.88. The first-order valence-corrected chi connectivity index (χ1v) is 17.0. The van der Waals surface area contributed by atoms with Gasteiger partial charge in [-0.2, -0.15) is 0 Å². The van der Waals surface area contributed by atoms with E-state index in [9.17, 15) is 9.59 Å². The molecule has 0 unspecified atom stereocenters. The van der Waals surface area contributed by atoms with Crippen LogP contribution < -0.4 is 19.6 Å². The molecule has 3 heterocycles. The van der Waals surface area contributed by atoms with Gasteiger partial charge in [0.2, 0.25) is 0 Å². The number of rotatable bonds is 7. The number of allylic oxidation sites excluding steroid dienone is 1. The van der Waals surface area contributed by atoms with Crippen molar-refractivity contribution in [2.75, 3.05) is 7.11 Å². The van der Waals surface area contributed by atoms with Gasteiger partial charge in [0.05, 0.1) is 29.0 Å². The second kappa shape index (κ2) is 12.5. The lowest BCUT2D eigenvalue weighted by Gasteiger charge is -2.26. The zero-order valence-electron chi connectivity index (χ0n) is 26.4. The summed E-state index contributed by atoms with van der Waals surface area (Å²) in [7, 11) is 1.58. The number of halogens is 1. The Hall–Kier alpha value is -4.73. The molecule has 236 valence electrons. The number of aromatic nitrogens is 2. The molecule has 7 nitrogen and oxygen atoms in total. The van der Waals surface area contributed by atoms with Crippen LogP contribution in [0, 0.1) is 0 Å². The van der Waals surface area contributed by atoms with E-state index in [0.29, 0.717) is 38.5 Å². The van der Waals surface area contributed by atoms with Crippen molar-refractivity contribution in [3.05, 3.63) is 143 Å². The molecule has 0 fully saturated rings. The van der Waals surface area contributed by atoms with Crippen molar-refractivity contribution < 1.29 is 14.3 Å². The molecule has 0 radical (unpaired) electrons. The summed E-state index contributed by atoms with van der Waals surface area (Å²) < 4.78 is 16.5. The Kier molecular flexibility index (Phi) is 8.20. The maximum absolute atomic E-state index is 14.4. The quantitative estimate of drug-likeness (QED) is 0.166. The molecule has 0 spiro atoms. The molecule has 0 aliphatic carbocycles. The highest BCUT2D eigenvalue weighted by Gasteiger charge is 2.35. The van der Waals surface area contributed by atoms with Crippen LogP contribution in [0.25, 0.3) is 27.8 Å². The van der Waals surface area contributed by atoms with E-state index < -0.39 is 12.0 Å². The number of methoxy groups -OCH3 is 1.